The van der Waals surface area contributed by atoms with Crippen molar-refractivity contribution in [2.45, 2.75) is 12.6 Å². The van der Waals surface area contributed by atoms with Crippen LogP contribution in [0.5, 0.6) is 5.75 Å². The highest BCUT2D eigenvalue weighted by Crippen LogP contribution is 2.17. The first-order valence-corrected chi connectivity index (χ1v) is 11.0. The molecule has 1 atom stereocenters. The third-order valence-electron chi connectivity index (χ3n) is 5.37. The maximum atomic E-state index is 12.6. The van der Waals surface area contributed by atoms with Crippen LogP contribution in [0.1, 0.15) is 5.56 Å². The summed E-state index contributed by atoms with van der Waals surface area (Å²) in [6.07, 6.45) is 0.647. The lowest BCUT2D eigenvalue weighted by atomic mass is 10.2. The number of anilines is 2. The normalized spacial score (nSPS) is 12.2. The second-order valence-corrected chi connectivity index (χ2v) is 8.17. The number of aromatic amines is 1. The fourth-order valence-electron chi connectivity index (χ4n) is 3.49. The van der Waals surface area contributed by atoms with Gasteiger partial charge in [-0.25, -0.2) is 10.2 Å². The van der Waals surface area contributed by atoms with Gasteiger partial charge in [-0.2, -0.15) is 10.1 Å². The molecule has 0 aliphatic rings. The number of nitrogens with zero attached hydrogens (tertiary/aromatic N) is 5. The number of hydrazone groups is 1. The zero-order valence-corrected chi connectivity index (χ0v) is 19.7. The van der Waals surface area contributed by atoms with E-state index in [9.17, 15) is 14.7 Å². The van der Waals surface area contributed by atoms with E-state index in [0.717, 1.165) is 11.3 Å². The standard InChI is InChI=1S/C24H27N7O4/c1-29(2)17-11-9-16(10-12-17)13-25-28-23-26-21-20(22(33)27-24(34)30(21)3)31(23)14-18(32)15-35-19-7-5-4-6-8-19/h4-13,18,32H,14-15H2,1-3H3,(H,26,28)(H,27,33,34)/b25-13-. The van der Waals surface area contributed by atoms with E-state index in [4.69, 9.17) is 4.74 Å². The molecule has 0 aliphatic carbocycles. The van der Waals surface area contributed by atoms with Gasteiger partial charge in [-0.05, 0) is 29.8 Å². The lowest BCUT2D eigenvalue weighted by molar-refractivity contribution is 0.0938. The number of benzene rings is 2. The van der Waals surface area contributed by atoms with Crippen molar-refractivity contribution >= 4 is 29.0 Å². The van der Waals surface area contributed by atoms with Gasteiger partial charge in [-0.3, -0.25) is 14.3 Å². The van der Waals surface area contributed by atoms with Gasteiger partial charge in [0, 0.05) is 26.8 Å². The number of aromatic nitrogens is 4. The van der Waals surface area contributed by atoms with Crippen LogP contribution >= 0.6 is 0 Å². The van der Waals surface area contributed by atoms with E-state index in [1.54, 1.807) is 18.3 Å². The van der Waals surface area contributed by atoms with Crippen molar-refractivity contribution in [1.82, 2.24) is 19.1 Å². The molecule has 2 aromatic carbocycles. The number of ether oxygens (including phenoxy) is 1. The minimum absolute atomic E-state index is 0.00567. The van der Waals surface area contributed by atoms with Crippen molar-refractivity contribution in [2.75, 3.05) is 31.0 Å². The van der Waals surface area contributed by atoms with Gasteiger partial charge in [0.05, 0.1) is 12.8 Å². The Morgan fingerprint density at radius 3 is 2.57 bits per heavy atom. The first-order valence-electron chi connectivity index (χ1n) is 11.0. The van der Waals surface area contributed by atoms with Crippen LogP contribution in [0.4, 0.5) is 11.6 Å². The largest absolute Gasteiger partial charge is 0.491 e. The van der Waals surface area contributed by atoms with Gasteiger partial charge < -0.3 is 19.3 Å². The molecule has 0 radical (unpaired) electrons. The van der Waals surface area contributed by atoms with E-state index < -0.39 is 17.4 Å². The quantitative estimate of drug-likeness (QED) is 0.245. The molecule has 2 aromatic heterocycles. The summed E-state index contributed by atoms with van der Waals surface area (Å²) in [6, 6.07) is 16.9. The SMILES string of the molecule is CN(C)c1ccc(/C=N\Nc2nc3c(c(=O)[nH]c(=O)n3C)n2CC(O)COc2ccccc2)cc1. The number of H-pyrrole nitrogens is 1. The smallest absolute Gasteiger partial charge is 0.329 e. The fraction of sp³-hybridized carbons (Fsp3) is 0.250. The third kappa shape index (κ3) is 5.41. The Kier molecular flexibility index (Phi) is 6.97. The molecule has 11 nitrogen and oxygen atoms in total. The minimum Gasteiger partial charge on any atom is -0.491 e. The van der Waals surface area contributed by atoms with Gasteiger partial charge in [0.15, 0.2) is 11.2 Å². The van der Waals surface area contributed by atoms with Crippen molar-refractivity contribution in [2.24, 2.45) is 12.1 Å². The molecule has 35 heavy (non-hydrogen) atoms. The molecular formula is C24H27N7O4. The number of aliphatic hydroxyl groups is 1. The van der Waals surface area contributed by atoms with Crippen LogP contribution in [0.25, 0.3) is 11.2 Å². The summed E-state index contributed by atoms with van der Waals surface area (Å²) in [6.45, 7) is -0.0196. The maximum Gasteiger partial charge on any atom is 0.329 e. The van der Waals surface area contributed by atoms with Crippen molar-refractivity contribution in [3.63, 3.8) is 0 Å². The number of hydrogen-bond donors (Lipinski definition) is 3. The second kappa shape index (κ2) is 10.3. The fourth-order valence-corrected chi connectivity index (χ4v) is 3.49. The van der Waals surface area contributed by atoms with Gasteiger partial charge in [0.2, 0.25) is 5.95 Å². The lowest BCUT2D eigenvalue weighted by Crippen LogP contribution is -2.30. The number of aryl methyl sites for hydroxylation is 1. The molecule has 0 fully saturated rings. The molecule has 0 saturated heterocycles. The maximum absolute atomic E-state index is 12.6. The summed E-state index contributed by atoms with van der Waals surface area (Å²) in [5.74, 6) is 0.817. The molecule has 0 bridgehead atoms. The highest BCUT2D eigenvalue weighted by atomic mass is 16.5. The van der Waals surface area contributed by atoms with Crippen molar-refractivity contribution in [3.05, 3.63) is 81.0 Å². The van der Waals surface area contributed by atoms with Crippen LogP contribution in [-0.2, 0) is 13.6 Å². The molecule has 0 amide bonds. The highest BCUT2D eigenvalue weighted by molar-refractivity contribution is 5.81. The van der Waals surface area contributed by atoms with Gasteiger partial charge >= 0.3 is 5.69 Å². The molecule has 2 heterocycles. The van der Waals surface area contributed by atoms with Crippen molar-refractivity contribution in [3.8, 4) is 5.75 Å². The summed E-state index contributed by atoms with van der Waals surface area (Å²) in [4.78, 5) is 33.3. The summed E-state index contributed by atoms with van der Waals surface area (Å²) >= 11 is 0. The van der Waals surface area contributed by atoms with Crippen LogP contribution < -0.4 is 26.3 Å². The monoisotopic (exact) mass is 477 g/mol. The molecule has 1 unspecified atom stereocenters. The van der Waals surface area contributed by atoms with Crippen LogP contribution in [0.3, 0.4) is 0 Å². The van der Waals surface area contributed by atoms with Crippen molar-refractivity contribution < 1.29 is 9.84 Å². The number of para-hydroxylation sites is 1. The molecule has 0 saturated carbocycles. The summed E-state index contributed by atoms with van der Waals surface area (Å²) in [7, 11) is 5.43. The zero-order valence-electron chi connectivity index (χ0n) is 19.7. The van der Waals surface area contributed by atoms with Gasteiger partial charge in [0.1, 0.15) is 18.5 Å². The molecule has 0 spiro atoms. The zero-order chi connectivity index (χ0) is 24.9. The Labute approximate surface area is 200 Å². The van der Waals surface area contributed by atoms with Gasteiger partial charge in [0.25, 0.3) is 5.56 Å². The predicted octanol–water partition coefficient (Wildman–Crippen LogP) is 1.38. The van der Waals surface area contributed by atoms with Crippen LogP contribution in [0.2, 0.25) is 0 Å². The average Bonchev–Trinajstić information content (AvgIpc) is 3.21. The molecule has 182 valence electrons. The van der Waals surface area contributed by atoms with E-state index >= 15 is 0 Å². The predicted molar refractivity (Wildman–Crippen MR) is 136 cm³/mol. The molecule has 0 aliphatic heterocycles. The lowest BCUT2D eigenvalue weighted by Gasteiger charge is -2.15. The van der Waals surface area contributed by atoms with Crippen LogP contribution in [0.15, 0.2) is 69.3 Å². The van der Waals surface area contributed by atoms with E-state index in [1.807, 2.05) is 61.5 Å². The van der Waals surface area contributed by atoms with Crippen LogP contribution in [-0.4, -0.2) is 57.2 Å². The van der Waals surface area contributed by atoms with E-state index in [-0.39, 0.29) is 30.3 Å². The second-order valence-electron chi connectivity index (χ2n) is 8.17. The Balaban J connectivity index is 1.60. The highest BCUT2D eigenvalue weighted by Gasteiger charge is 2.20. The van der Waals surface area contributed by atoms with Gasteiger partial charge in [-0.1, -0.05) is 30.3 Å². The third-order valence-corrected chi connectivity index (χ3v) is 5.37. The molecule has 4 aromatic rings. The Bertz CT molecular complexity index is 1440. The Morgan fingerprint density at radius 2 is 1.89 bits per heavy atom. The van der Waals surface area contributed by atoms with Crippen LogP contribution in [0, 0.1) is 0 Å². The van der Waals surface area contributed by atoms with E-state index in [0.29, 0.717) is 5.75 Å². The number of fused-ring (bicyclic) bond motifs is 1. The Hall–Kier alpha value is -4.38. The number of rotatable bonds is 9. The number of nitrogens with one attached hydrogen (secondary N) is 2. The Morgan fingerprint density at radius 1 is 1.17 bits per heavy atom. The van der Waals surface area contributed by atoms with E-state index in [1.165, 1.54) is 16.2 Å². The molecule has 4 rings (SSSR count). The first kappa shape index (κ1) is 23.8. The number of aliphatic hydroxyl groups excluding tert-OH is 1. The summed E-state index contributed by atoms with van der Waals surface area (Å²) in [5, 5.41) is 14.9. The number of hydrogen-bond acceptors (Lipinski definition) is 8. The minimum atomic E-state index is -0.965. The first-order chi connectivity index (χ1) is 16.8. The molecular weight excluding hydrogens is 450 g/mol. The topological polar surface area (TPSA) is 130 Å². The van der Waals surface area contributed by atoms with E-state index in [2.05, 4.69) is 20.5 Å². The summed E-state index contributed by atoms with van der Waals surface area (Å²) in [5.41, 5.74) is 3.86. The van der Waals surface area contributed by atoms with Gasteiger partial charge in [-0.15, -0.1) is 0 Å². The summed E-state index contributed by atoms with van der Waals surface area (Å²) < 4.78 is 8.34. The molecule has 3 N–H and O–H groups in total. The van der Waals surface area contributed by atoms with Crippen molar-refractivity contribution in [1.29, 1.82) is 0 Å². The average molecular weight is 478 g/mol. The number of imidazole rings is 1. The molecule has 11 heteroatoms.